The lowest BCUT2D eigenvalue weighted by Gasteiger charge is -2.32. The molecule has 25 heavy (non-hydrogen) atoms. The number of nitrogen functional groups attached to an aromatic ring is 1. The van der Waals surface area contributed by atoms with Crippen molar-refractivity contribution in [3.05, 3.63) is 70.8 Å². The van der Waals surface area contributed by atoms with Gasteiger partial charge in [-0.1, -0.05) is 18.2 Å². The van der Waals surface area contributed by atoms with Crippen LogP contribution in [-0.2, 0) is 15.1 Å². The molecule has 2 N–H and O–H groups in total. The Morgan fingerprint density at radius 3 is 2.72 bits per heavy atom. The third kappa shape index (κ3) is 3.45. The van der Waals surface area contributed by atoms with Crippen molar-refractivity contribution in [3.63, 3.8) is 0 Å². The van der Waals surface area contributed by atoms with E-state index in [1.807, 2.05) is 50.4 Å². The van der Waals surface area contributed by atoms with Gasteiger partial charge in [0.25, 0.3) is 5.56 Å². The SMILES string of the molecule is CON1C=CC(OCC(C)(C)n2cc(N)ccc2=O)c2ccccc21. The second-order valence-corrected chi connectivity index (χ2v) is 6.62. The summed E-state index contributed by atoms with van der Waals surface area (Å²) in [5.41, 5.74) is 7.69. The van der Waals surface area contributed by atoms with Gasteiger partial charge in [-0.25, -0.2) is 5.06 Å². The second-order valence-electron chi connectivity index (χ2n) is 6.62. The van der Waals surface area contributed by atoms with Crippen LogP contribution in [0, 0.1) is 0 Å². The number of anilines is 2. The number of aromatic nitrogens is 1. The van der Waals surface area contributed by atoms with Crippen molar-refractivity contribution in [1.29, 1.82) is 0 Å². The van der Waals surface area contributed by atoms with Gasteiger partial charge in [0.05, 0.1) is 24.9 Å². The first kappa shape index (κ1) is 17.3. The van der Waals surface area contributed by atoms with Gasteiger partial charge in [-0.3, -0.25) is 9.63 Å². The summed E-state index contributed by atoms with van der Waals surface area (Å²) in [5, 5.41) is 1.70. The van der Waals surface area contributed by atoms with Crippen LogP contribution in [0.3, 0.4) is 0 Å². The van der Waals surface area contributed by atoms with Crippen LogP contribution >= 0.6 is 0 Å². The van der Waals surface area contributed by atoms with Crippen molar-refractivity contribution in [2.24, 2.45) is 0 Å². The Labute approximate surface area is 147 Å². The molecule has 1 unspecified atom stereocenters. The number of benzene rings is 1. The molecule has 0 fully saturated rings. The minimum Gasteiger partial charge on any atom is -0.398 e. The van der Waals surface area contributed by atoms with Crippen LogP contribution < -0.4 is 16.4 Å². The predicted octanol–water partition coefficient (Wildman–Crippen LogP) is 2.82. The summed E-state index contributed by atoms with van der Waals surface area (Å²) in [6, 6.07) is 11.0. The van der Waals surface area contributed by atoms with E-state index in [9.17, 15) is 4.79 Å². The maximum Gasteiger partial charge on any atom is 0.251 e. The maximum atomic E-state index is 12.2. The van der Waals surface area contributed by atoms with Crippen molar-refractivity contribution < 1.29 is 9.57 Å². The van der Waals surface area contributed by atoms with E-state index in [0.29, 0.717) is 12.3 Å². The fourth-order valence-electron chi connectivity index (χ4n) is 2.91. The lowest BCUT2D eigenvalue weighted by molar-refractivity contribution is 0.0268. The van der Waals surface area contributed by atoms with Crippen LogP contribution in [-0.4, -0.2) is 18.3 Å². The molecule has 1 aromatic carbocycles. The standard InChI is InChI=1S/C19H23N3O3/c1-19(2,21-12-14(20)8-9-18(21)23)13-25-17-10-11-22(24-3)16-7-5-4-6-15(16)17/h4-12,17H,13,20H2,1-3H3. The Morgan fingerprint density at radius 1 is 1.20 bits per heavy atom. The fourth-order valence-corrected chi connectivity index (χ4v) is 2.91. The zero-order valence-corrected chi connectivity index (χ0v) is 14.7. The molecular formula is C19H23N3O3. The predicted molar refractivity (Wildman–Crippen MR) is 98.2 cm³/mol. The average Bonchev–Trinajstić information content (AvgIpc) is 2.61. The zero-order valence-electron chi connectivity index (χ0n) is 14.7. The number of nitrogens with two attached hydrogens (primary N) is 1. The highest BCUT2D eigenvalue weighted by molar-refractivity contribution is 5.58. The molecule has 1 aliphatic heterocycles. The first-order valence-corrected chi connectivity index (χ1v) is 8.13. The van der Waals surface area contributed by atoms with Gasteiger partial charge in [0.2, 0.25) is 0 Å². The second kappa shape index (κ2) is 6.74. The molecule has 0 saturated heterocycles. The highest BCUT2D eigenvalue weighted by Crippen LogP contribution is 2.34. The fraction of sp³-hybridized carbons (Fsp3) is 0.316. The molecule has 1 aliphatic rings. The van der Waals surface area contributed by atoms with Crippen LogP contribution in [0.4, 0.5) is 11.4 Å². The molecule has 2 aromatic rings. The lowest BCUT2D eigenvalue weighted by Crippen LogP contribution is -2.40. The van der Waals surface area contributed by atoms with Crippen molar-refractivity contribution in [3.8, 4) is 0 Å². The summed E-state index contributed by atoms with van der Waals surface area (Å²) in [5.74, 6) is 0. The first-order valence-electron chi connectivity index (χ1n) is 8.13. The Morgan fingerprint density at radius 2 is 1.96 bits per heavy atom. The largest absolute Gasteiger partial charge is 0.398 e. The van der Waals surface area contributed by atoms with Gasteiger partial charge in [0.15, 0.2) is 0 Å². The Kier molecular flexibility index (Phi) is 4.65. The number of rotatable bonds is 5. The van der Waals surface area contributed by atoms with Gasteiger partial charge in [0.1, 0.15) is 6.10 Å². The van der Waals surface area contributed by atoms with E-state index in [1.165, 1.54) is 6.07 Å². The Bertz CT molecular complexity index is 842. The number of ether oxygens (including phenoxy) is 1. The summed E-state index contributed by atoms with van der Waals surface area (Å²) >= 11 is 0. The molecule has 0 saturated carbocycles. The molecule has 0 radical (unpaired) electrons. The van der Waals surface area contributed by atoms with Crippen molar-refractivity contribution >= 4 is 11.4 Å². The molecule has 0 aliphatic carbocycles. The third-order valence-corrected chi connectivity index (χ3v) is 4.28. The van der Waals surface area contributed by atoms with E-state index in [4.69, 9.17) is 15.3 Å². The Hall–Kier alpha value is -2.57. The van der Waals surface area contributed by atoms with E-state index in [0.717, 1.165) is 11.3 Å². The molecule has 1 atom stereocenters. The molecule has 132 valence electrons. The number of pyridine rings is 1. The van der Waals surface area contributed by atoms with Gasteiger partial charge in [0, 0.05) is 29.7 Å². The van der Waals surface area contributed by atoms with Crippen molar-refractivity contribution in [1.82, 2.24) is 4.57 Å². The molecule has 1 aromatic heterocycles. The van der Waals surface area contributed by atoms with Crippen molar-refractivity contribution in [2.45, 2.75) is 25.5 Å². The highest BCUT2D eigenvalue weighted by atomic mass is 16.7. The minimum atomic E-state index is -0.534. The number of hydrogen-bond acceptors (Lipinski definition) is 5. The van der Waals surface area contributed by atoms with Crippen LogP contribution in [0.15, 0.2) is 59.7 Å². The number of fused-ring (bicyclic) bond motifs is 1. The quantitative estimate of drug-likeness (QED) is 0.905. The average molecular weight is 341 g/mol. The van der Waals surface area contributed by atoms with Crippen LogP contribution in [0.1, 0.15) is 25.5 Å². The first-order chi connectivity index (χ1) is 11.9. The monoisotopic (exact) mass is 341 g/mol. The zero-order chi connectivity index (χ0) is 18.0. The number of hydroxylamine groups is 1. The molecule has 0 spiro atoms. The van der Waals surface area contributed by atoms with Crippen LogP contribution in [0.5, 0.6) is 0 Å². The molecule has 6 nitrogen and oxygen atoms in total. The van der Waals surface area contributed by atoms with Gasteiger partial charge < -0.3 is 15.0 Å². The lowest BCUT2D eigenvalue weighted by atomic mass is 10.0. The summed E-state index contributed by atoms with van der Waals surface area (Å²) in [6.07, 6.45) is 5.22. The van der Waals surface area contributed by atoms with E-state index in [2.05, 4.69) is 0 Å². The normalized spacial score (nSPS) is 16.8. The minimum absolute atomic E-state index is 0.104. The molecule has 2 heterocycles. The maximum absolute atomic E-state index is 12.2. The van der Waals surface area contributed by atoms with E-state index in [1.54, 1.807) is 29.0 Å². The topological polar surface area (TPSA) is 69.7 Å². The van der Waals surface area contributed by atoms with E-state index in [-0.39, 0.29) is 11.7 Å². The van der Waals surface area contributed by atoms with Crippen molar-refractivity contribution in [2.75, 3.05) is 24.5 Å². The van der Waals surface area contributed by atoms with E-state index < -0.39 is 5.54 Å². The smallest absolute Gasteiger partial charge is 0.251 e. The summed E-state index contributed by atoms with van der Waals surface area (Å²) in [4.78, 5) is 17.5. The van der Waals surface area contributed by atoms with Gasteiger partial charge >= 0.3 is 0 Å². The third-order valence-electron chi connectivity index (χ3n) is 4.28. The number of para-hydroxylation sites is 1. The van der Waals surface area contributed by atoms with Crippen LogP contribution in [0.25, 0.3) is 0 Å². The highest BCUT2D eigenvalue weighted by Gasteiger charge is 2.26. The summed E-state index contributed by atoms with van der Waals surface area (Å²) < 4.78 is 7.76. The molecule has 0 amide bonds. The molecular weight excluding hydrogens is 318 g/mol. The molecule has 6 heteroatoms. The molecule has 3 rings (SSSR count). The van der Waals surface area contributed by atoms with Gasteiger partial charge in [-0.15, -0.1) is 0 Å². The van der Waals surface area contributed by atoms with Gasteiger partial charge in [-0.05, 0) is 32.1 Å². The summed E-state index contributed by atoms with van der Waals surface area (Å²) in [6.45, 7) is 4.26. The van der Waals surface area contributed by atoms with Gasteiger partial charge in [-0.2, -0.15) is 0 Å². The molecule has 0 bridgehead atoms. The number of hydrogen-bond donors (Lipinski definition) is 1. The summed E-state index contributed by atoms with van der Waals surface area (Å²) in [7, 11) is 1.62. The Balaban J connectivity index is 1.81. The number of nitrogens with zero attached hydrogens (tertiary/aromatic N) is 2. The van der Waals surface area contributed by atoms with E-state index >= 15 is 0 Å². The van der Waals surface area contributed by atoms with Crippen LogP contribution in [0.2, 0.25) is 0 Å².